The Kier molecular flexibility index (Phi) is 10.8. The van der Waals surface area contributed by atoms with Crippen molar-refractivity contribution >= 4 is 54.8 Å². The second kappa shape index (κ2) is 13.8. The molecule has 0 radical (unpaired) electrons. The standard InChI is InChI=1S/C25H27NOS4/c1-3-20(2)27-24(26-21-13-7-4-8-14-21)19-25(30-28-22-15-9-5-10-16-22)31-29-23-17-11-6-12-18-23/h4-18,20,25H,3,19H2,1-2H3. The van der Waals surface area contributed by atoms with Gasteiger partial charge in [0.1, 0.15) is 0 Å². The summed E-state index contributed by atoms with van der Waals surface area (Å²) in [5.74, 6) is 0.799. The van der Waals surface area contributed by atoms with Crippen molar-refractivity contribution in [1.29, 1.82) is 0 Å². The van der Waals surface area contributed by atoms with Gasteiger partial charge in [-0.15, -0.1) is 0 Å². The molecule has 0 aliphatic carbocycles. The maximum atomic E-state index is 6.24. The smallest absolute Gasteiger partial charge is 0.190 e. The van der Waals surface area contributed by atoms with E-state index in [4.69, 9.17) is 9.73 Å². The Balaban J connectivity index is 1.74. The van der Waals surface area contributed by atoms with E-state index in [1.165, 1.54) is 9.79 Å². The third kappa shape index (κ3) is 9.27. The number of nitrogens with zero attached hydrogens (tertiary/aromatic N) is 1. The van der Waals surface area contributed by atoms with E-state index in [0.29, 0.717) is 0 Å². The molecule has 1 atom stereocenters. The lowest BCUT2D eigenvalue weighted by Crippen LogP contribution is -2.17. The van der Waals surface area contributed by atoms with Crippen molar-refractivity contribution in [2.75, 3.05) is 0 Å². The van der Waals surface area contributed by atoms with Gasteiger partial charge in [0.2, 0.25) is 0 Å². The minimum atomic E-state index is 0.140. The third-order valence-corrected chi connectivity index (χ3v) is 10.6. The summed E-state index contributed by atoms with van der Waals surface area (Å²) >= 11 is 0. The van der Waals surface area contributed by atoms with E-state index in [1.54, 1.807) is 0 Å². The monoisotopic (exact) mass is 485 g/mol. The minimum Gasteiger partial charge on any atom is -0.478 e. The first-order valence-electron chi connectivity index (χ1n) is 10.3. The molecule has 0 saturated heterocycles. The van der Waals surface area contributed by atoms with Crippen LogP contribution in [0.4, 0.5) is 5.69 Å². The van der Waals surface area contributed by atoms with Gasteiger partial charge in [0.25, 0.3) is 0 Å². The van der Waals surface area contributed by atoms with Crippen LogP contribution in [0.5, 0.6) is 0 Å². The minimum absolute atomic E-state index is 0.140. The van der Waals surface area contributed by atoms with E-state index >= 15 is 0 Å². The van der Waals surface area contributed by atoms with Gasteiger partial charge in [-0.2, -0.15) is 0 Å². The van der Waals surface area contributed by atoms with Crippen LogP contribution >= 0.6 is 43.2 Å². The van der Waals surface area contributed by atoms with Crippen molar-refractivity contribution in [2.45, 2.75) is 47.2 Å². The molecule has 0 aliphatic rings. The Bertz CT molecular complexity index is 863. The van der Waals surface area contributed by atoms with Crippen LogP contribution in [0.25, 0.3) is 0 Å². The SMILES string of the molecule is CCC(C)OC(CC(SSc1ccccc1)SSc1ccccc1)=Nc1ccccc1. The van der Waals surface area contributed by atoms with Gasteiger partial charge in [-0.25, -0.2) is 4.99 Å². The van der Waals surface area contributed by atoms with Gasteiger partial charge < -0.3 is 4.74 Å². The molecule has 3 aromatic carbocycles. The van der Waals surface area contributed by atoms with Crippen molar-refractivity contribution < 1.29 is 4.74 Å². The van der Waals surface area contributed by atoms with Crippen LogP contribution in [-0.4, -0.2) is 16.6 Å². The molecule has 0 saturated carbocycles. The van der Waals surface area contributed by atoms with Gasteiger partial charge in [0.15, 0.2) is 5.90 Å². The zero-order valence-corrected chi connectivity index (χ0v) is 21.0. The summed E-state index contributed by atoms with van der Waals surface area (Å²) in [6, 6.07) is 31.1. The van der Waals surface area contributed by atoms with Crippen molar-refractivity contribution in [3.05, 3.63) is 91.0 Å². The quantitative estimate of drug-likeness (QED) is 0.116. The third-order valence-electron chi connectivity index (χ3n) is 4.25. The Hall–Kier alpha value is -1.47. The fourth-order valence-corrected chi connectivity index (χ4v) is 8.25. The average molecular weight is 486 g/mol. The van der Waals surface area contributed by atoms with E-state index in [0.717, 1.165) is 24.4 Å². The lowest BCUT2D eigenvalue weighted by molar-refractivity contribution is 0.198. The highest BCUT2D eigenvalue weighted by Gasteiger charge is 2.18. The molecule has 0 N–H and O–H groups in total. The van der Waals surface area contributed by atoms with Crippen LogP contribution in [0.3, 0.4) is 0 Å². The van der Waals surface area contributed by atoms with Gasteiger partial charge in [-0.3, -0.25) is 0 Å². The summed E-state index contributed by atoms with van der Waals surface area (Å²) in [4.78, 5) is 7.36. The predicted molar refractivity (Wildman–Crippen MR) is 143 cm³/mol. The molecule has 0 bridgehead atoms. The van der Waals surface area contributed by atoms with Crippen molar-refractivity contribution in [3.63, 3.8) is 0 Å². The fourth-order valence-electron chi connectivity index (χ4n) is 2.48. The highest BCUT2D eigenvalue weighted by Crippen LogP contribution is 2.47. The predicted octanol–water partition coefficient (Wildman–Crippen LogP) is 9.13. The van der Waals surface area contributed by atoms with Crippen LogP contribution in [0.15, 0.2) is 106 Å². The lowest BCUT2D eigenvalue weighted by atomic mass is 10.3. The topological polar surface area (TPSA) is 21.6 Å². The van der Waals surface area contributed by atoms with Gasteiger partial charge >= 0.3 is 0 Å². The largest absolute Gasteiger partial charge is 0.478 e. The highest BCUT2D eigenvalue weighted by atomic mass is 33.1. The summed E-state index contributed by atoms with van der Waals surface area (Å²) in [6.07, 6.45) is 1.85. The number of benzene rings is 3. The molecular formula is C25H27NOS4. The van der Waals surface area contributed by atoms with E-state index < -0.39 is 0 Å². The lowest BCUT2D eigenvalue weighted by Gasteiger charge is -2.19. The molecule has 2 nitrogen and oxygen atoms in total. The molecule has 162 valence electrons. The summed E-state index contributed by atoms with van der Waals surface area (Å²) in [7, 11) is 7.35. The second-order valence-electron chi connectivity index (χ2n) is 6.80. The van der Waals surface area contributed by atoms with Crippen LogP contribution in [0, 0.1) is 0 Å². The number of hydrogen-bond acceptors (Lipinski definition) is 6. The Morgan fingerprint density at radius 3 is 1.74 bits per heavy atom. The van der Waals surface area contributed by atoms with Crippen LogP contribution < -0.4 is 0 Å². The number of ether oxygens (including phenoxy) is 1. The molecule has 3 rings (SSSR count). The van der Waals surface area contributed by atoms with Gasteiger partial charge in [-0.05, 0) is 49.7 Å². The van der Waals surface area contributed by atoms with Crippen molar-refractivity contribution in [3.8, 4) is 0 Å². The van der Waals surface area contributed by atoms with E-state index in [1.807, 2.05) is 73.5 Å². The molecule has 3 aromatic rings. The average Bonchev–Trinajstić information content (AvgIpc) is 2.82. The number of hydrogen-bond donors (Lipinski definition) is 0. The highest BCUT2D eigenvalue weighted by molar-refractivity contribution is 8.85. The van der Waals surface area contributed by atoms with Gasteiger partial charge in [-0.1, -0.05) is 105 Å². The normalized spacial score (nSPS) is 12.7. The molecule has 0 amide bonds. The maximum absolute atomic E-state index is 6.24. The summed E-state index contributed by atoms with van der Waals surface area (Å²) in [6.45, 7) is 4.25. The summed E-state index contributed by atoms with van der Waals surface area (Å²) in [5.41, 5.74) is 0.931. The Morgan fingerprint density at radius 1 is 0.774 bits per heavy atom. The van der Waals surface area contributed by atoms with Crippen LogP contribution in [0.1, 0.15) is 26.7 Å². The maximum Gasteiger partial charge on any atom is 0.190 e. The first kappa shape index (κ1) is 24.2. The van der Waals surface area contributed by atoms with Gasteiger partial charge in [0.05, 0.1) is 16.4 Å². The number of para-hydroxylation sites is 1. The molecular weight excluding hydrogens is 459 g/mol. The zero-order valence-electron chi connectivity index (χ0n) is 17.7. The molecule has 0 aliphatic heterocycles. The Labute approximate surface area is 201 Å². The molecule has 0 fully saturated rings. The number of aliphatic imine (C=N–C) groups is 1. The first-order chi connectivity index (χ1) is 15.2. The number of rotatable bonds is 11. The van der Waals surface area contributed by atoms with Crippen LogP contribution in [-0.2, 0) is 4.74 Å². The molecule has 0 heterocycles. The second-order valence-corrected chi connectivity index (χ2v) is 12.0. The summed E-state index contributed by atoms with van der Waals surface area (Å²) < 4.78 is 6.52. The zero-order chi connectivity index (χ0) is 21.7. The molecule has 1 unspecified atom stereocenters. The Morgan fingerprint density at radius 2 is 1.26 bits per heavy atom. The summed E-state index contributed by atoms with van der Waals surface area (Å²) in [5, 5.41) is 0. The van der Waals surface area contributed by atoms with Crippen molar-refractivity contribution in [2.24, 2.45) is 4.99 Å². The molecule has 31 heavy (non-hydrogen) atoms. The molecule has 0 spiro atoms. The molecule has 6 heteroatoms. The van der Waals surface area contributed by atoms with Gasteiger partial charge in [0, 0.05) is 16.2 Å². The van der Waals surface area contributed by atoms with E-state index in [9.17, 15) is 0 Å². The fraction of sp³-hybridized carbons (Fsp3) is 0.240. The van der Waals surface area contributed by atoms with Crippen LogP contribution in [0.2, 0.25) is 0 Å². The first-order valence-corrected chi connectivity index (χ1v) is 14.7. The van der Waals surface area contributed by atoms with E-state index in [2.05, 4.69) is 74.5 Å². The van der Waals surface area contributed by atoms with E-state index in [-0.39, 0.29) is 10.7 Å². The molecule has 0 aromatic heterocycles. The van der Waals surface area contributed by atoms with Crippen molar-refractivity contribution in [1.82, 2.24) is 0 Å².